The number of anilines is 2. The van der Waals surface area contributed by atoms with Crippen LogP contribution >= 0.6 is 0 Å². The van der Waals surface area contributed by atoms with E-state index in [9.17, 15) is 18.4 Å². The van der Waals surface area contributed by atoms with Gasteiger partial charge in [0.2, 0.25) is 5.91 Å². The number of nitrogens with one attached hydrogen (secondary N) is 2. The molecule has 23 heavy (non-hydrogen) atoms. The average Bonchev–Trinajstić information content (AvgIpc) is 2.50. The predicted molar refractivity (Wildman–Crippen MR) is 84.2 cm³/mol. The third kappa shape index (κ3) is 4.35. The van der Waals surface area contributed by atoms with Crippen LogP contribution in [0.15, 0.2) is 42.5 Å². The number of carbonyl (C=O) groups excluding carboxylic acids is 2. The first-order valence-electron chi connectivity index (χ1n) is 7.04. The van der Waals surface area contributed by atoms with Crippen molar-refractivity contribution in [3.05, 3.63) is 59.7 Å². The number of rotatable bonds is 4. The van der Waals surface area contributed by atoms with Crippen LogP contribution in [0.2, 0.25) is 0 Å². The Hall–Kier alpha value is -2.76. The van der Waals surface area contributed by atoms with Crippen molar-refractivity contribution in [3.8, 4) is 0 Å². The van der Waals surface area contributed by atoms with E-state index in [-0.39, 0.29) is 23.1 Å². The molecule has 0 aliphatic rings. The van der Waals surface area contributed by atoms with Crippen LogP contribution in [0.25, 0.3) is 0 Å². The smallest absolute Gasteiger partial charge is 0.255 e. The van der Waals surface area contributed by atoms with Crippen LogP contribution in [-0.2, 0) is 4.79 Å². The maximum atomic E-state index is 13.5. The normalized spacial score (nSPS) is 10.5. The van der Waals surface area contributed by atoms with Gasteiger partial charge in [0.25, 0.3) is 5.91 Å². The lowest BCUT2D eigenvalue weighted by atomic mass is 10.1. The summed E-state index contributed by atoms with van der Waals surface area (Å²) < 4.78 is 26.3. The number of hydrogen-bond donors (Lipinski definition) is 2. The molecule has 2 rings (SSSR count). The fraction of sp³-hybridized carbons (Fsp3) is 0.176. The molecule has 4 nitrogen and oxygen atoms in total. The summed E-state index contributed by atoms with van der Waals surface area (Å²) in [5.74, 6) is -2.38. The van der Waals surface area contributed by atoms with E-state index in [4.69, 9.17) is 0 Å². The molecule has 0 atom stereocenters. The van der Waals surface area contributed by atoms with Crippen molar-refractivity contribution >= 4 is 23.2 Å². The maximum absolute atomic E-state index is 13.5. The molecule has 0 aliphatic carbocycles. The Bertz CT molecular complexity index is 728. The highest BCUT2D eigenvalue weighted by Crippen LogP contribution is 2.17. The highest BCUT2D eigenvalue weighted by Gasteiger charge is 2.11. The van der Waals surface area contributed by atoms with Crippen LogP contribution in [0.4, 0.5) is 20.2 Å². The Balaban J connectivity index is 2.07. The Labute approximate surface area is 132 Å². The lowest BCUT2D eigenvalue weighted by Crippen LogP contribution is -2.18. The first kappa shape index (κ1) is 16.6. The van der Waals surface area contributed by atoms with Gasteiger partial charge in [-0.2, -0.15) is 0 Å². The maximum Gasteiger partial charge on any atom is 0.255 e. The Morgan fingerprint density at radius 1 is 0.957 bits per heavy atom. The van der Waals surface area contributed by atoms with E-state index >= 15 is 0 Å². The van der Waals surface area contributed by atoms with E-state index in [1.165, 1.54) is 12.1 Å². The monoisotopic (exact) mass is 318 g/mol. The van der Waals surface area contributed by atoms with Crippen LogP contribution in [0.5, 0.6) is 0 Å². The number of hydrogen-bond acceptors (Lipinski definition) is 2. The highest BCUT2D eigenvalue weighted by molar-refractivity contribution is 6.04. The van der Waals surface area contributed by atoms with Gasteiger partial charge in [0.15, 0.2) is 0 Å². The molecular weight excluding hydrogens is 302 g/mol. The third-order valence-electron chi connectivity index (χ3n) is 3.12. The molecule has 0 spiro atoms. The van der Waals surface area contributed by atoms with Crippen LogP contribution < -0.4 is 10.6 Å². The summed E-state index contributed by atoms with van der Waals surface area (Å²) in [6.45, 7) is 3.54. The van der Waals surface area contributed by atoms with Crippen molar-refractivity contribution in [2.24, 2.45) is 5.92 Å². The van der Waals surface area contributed by atoms with Crippen molar-refractivity contribution < 1.29 is 18.4 Å². The predicted octanol–water partition coefficient (Wildman–Crippen LogP) is 3.81. The quantitative estimate of drug-likeness (QED) is 0.900. The van der Waals surface area contributed by atoms with Gasteiger partial charge in [0.05, 0.1) is 5.69 Å². The van der Waals surface area contributed by atoms with Crippen LogP contribution in [0.1, 0.15) is 24.2 Å². The minimum Gasteiger partial charge on any atom is -0.326 e. The van der Waals surface area contributed by atoms with E-state index in [0.717, 1.165) is 12.1 Å². The number of amides is 2. The van der Waals surface area contributed by atoms with Crippen molar-refractivity contribution in [1.29, 1.82) is 0 Å². The van der Waals surface area contributed by atoms with E-state index in [1.54, 1.807) is 26.0 Å². The molecule has 2 aromatic carbocycles. The molecule has 2 aromatic rings. The van der Waals surface area contributed by atoms with Gasteiger partial charge < -0.3 is 10.6 Å². The lowest BCUT2D eigenvalue weighted by molar-refractivity contribution is -0.118. The molecule has 0 unspecified atom stereocenters. The van der Waals surface area contributed by atoms with Gasteiger partial charge in [0, 0.05) is 23.2 Å². The molecule has 2 N–H and O–H groups in total. The molecule has 2 amide bonds. The van der Waals surface area contributed by atoms with E-state index < -0.39 is 17.5 Å². The van der Waals surface area contributed by atoms with Gasteiger partial charge in [-0.1, -0.05) is 13.8 Å². The second-order valence-corrected chi connectivity index (χ2v) is 5.30. The molecule has 0 heterocycles. The van der Waals surface area contributed by atoms with Crippen LogP contribution in [0, 0.1) is 17.6 Å². The Morgan fingerprint density at radius 3 is 2.17 bits per heavy atom. The molecule has 0 saturated heterocycles. The fourth-order valence-electron chi connectivity index (χ4n) is 1.78. The van der Waals surface area contributed by atoms with E-state index in [2.05, 4.69) is 10.6 Å². The second kappa shape index (κ2) is 7.00. The first-order chi connectivity index (χ1) is 10.9. The average molecular weight is 318 g/mol. The van der Waals surface area contributed by atoms with Gasteiger partial charge >= 0.3 is 0 Å². The molecule has 0 aromatic heterocycles. The second-order valence-electron chi connectivity index (χ2n) is 5.30. The van der Waals surface area contributed by atoms with Gasteiger partial charge in [-0.25, -0.2) is 8.78 Å². The SMILES string of the molecule is CC(C)C(=O)Nc1ccc(C(=O)Nc2ccc(F)cc2F)cc1. The van der Waals surface area contributed by atoms with E-state index in [1.807, 2.05) is 0 Å². The minimum absolute atomic E-state index is 0.103. The number of benzene rings is 2. The third-order valence-corrected chi connectivity index (χ3v) is 3.12. The Kier molecular flexibility index (Phi) is 5.05. The van der Waals surface area contributed by atoms with Crippen LogP contribution in [0.3, 0.4) is 0 Å². The van der Waals surface area contributed by atoms with Crippen molar-refractivity contribution in [2.45, 2.75) is 13.8 Å². The molecule has 0 bridgehead atoms. The zero-order chi connectivity index (χ0) is 17.0. The van der Waals surface area contributed by atoms with Gasteiger partial charge in [-0.3, -0.25) is 9.59 Å². The summed E-state index contributed by atoms with van der Waals surface area (Å²) in [5.41, 5.74) is 0.748. The lowest BCUT2D eigenvalue weighted by Gasteiger charge is -2.09. The first-order valence-corrected chi connectivity index (χ1v) is 7.04. The van der Waals surface area contributed by atoms with Gasteiger partial charge in [0.1, 0.15) is 11.6 Å². The molecular formula is C17H16F2N2O2. The number of carbonyl (C=O) groups is 2. The van der Waals surface area contributed by atoms with Crippen molar-refractivity contribution in [2.75, 3.05) is 10.6 Å². The zero-order valence-corrected chi connectivity index (χ0v) is 12.7. The summed E-state index contributed by atoms with van der Waals surface area (Å²) in [7, 11) is 0. The summed E-state index contributed by atoms with van der Waals surface area (Å²) in [6.07, 6.45) is 0. The standard InChI is InChI=1S/C17H16F2N2O2/c1-10(2)16(22)20-13-6-3-11(4-7-13)17(23)21-15-8-5-12(18)9-14(15)19/h3-10H,1-2H3,(H,20,22)(H,21,23). The Morgan fingerprint density at radius 2 is 1.61 bits per heavy atom. The van der Waals surface area contributed by atoms with Crippen LogP contribution in [-0.4, -0.2) is 11.8 Å². The molecule has 0 radical (unpaired) electrons. The molecule has 0 aliphatic heterocycles. The summed E-state index contributed by atoms with van der Waals surface area (Å²) >= 11 is 0. The topological polar surface area (TPSA) is 58.2 Å². The molecule has 0 fully saturated rings. The molecule has 6 heteroatoms. The minimum atomic E-state index is -0.848. The van der Waals surface area contributed by atoms with Crippen molar-refractivity contribution in [3.63, 3.8) is 0 Å². The van der Waals surface area contributed by atoms with Crippen molar-refractivity contribution in [1.82, 2.24) is 0 Å². The summed E-state index contributed by atoms with van der Waals surface area (Å²) in [5, 5.41) is 5.06. The van der Waals surface area contributed by atoms with Gasteiger partial charge in [-0.05, 0) is 36.4 Å². The summed E-state index contributed by atoms with van der Waals surface area (Å²) in [6, 6.07) is 9.08. The molecule has 120 valence electrons. The molecule has 0 saturated carbocycles. The summed E-state index contributed by atoms with van der Waals surface area (Å²) in [4.78, 5) is 23.6. The number of halogens is 2. The van der Waals surface area contributed by atoms with Gasteiger partial charge in [-0.15, -0.1) is 0 Å². The largest absolute Gasteiger partial charge is 0.326 e. The van der Waals surface area contributed by atoms with E-state index in [0.29, 0.717) is 11.8 Å². The zero-order valence-electron chi connectivity index (χ0n) is 12.7. The highest BCUT2D eigenvalue weighted by atomic mass is 19.1. The fourth-order valence-corrected chi connectivity index (χ4v) is 1.78.